The highest BCUT2D eigenvalue weighted by Gasteiger charge is 2.13. The second-order valence-electron chi connectivity index (χ2n) is 4.12. The molecule has 3 N–H and O–H groups in total. The Morgan fingerprint density at radius 3 is 3.00 bits per heavy atom. The molecule has 1 aromatic heterocycles. The van der Waals surface area contributed by atoms with E-state index in [1.54, 1.807) is 18.6 Å². The third-order valence-corrected chi connectivity index (χ3v) is 3.36. The van der Waals surface area contributed by atoms with Crippen LogP contribution in [0.2, 0.25) is 0 Å². The van der Waals surface area contributed by atoms with Gasteiger partial charge in [-0.25, -0.2) is 4.98 Å². The minimum Gasteiger partial charge on any atom is -0.508 e. The highest BCUT2D eigenvalue weighted by Crippen LogP contribution is 2.29. The first-order valence-corrected chi connectivity index (χ1v) is 6.69. The van der Waals surface area contributed by atoms with Crippen LogP contribution in [0.3, 0.4) is 0 Å². The first-order chi connectivity index (χ1) is 8.70. The fourth-order valence-electron chi connectivity index (χ4n) is 1.89. The van der Waals surface area contributed by atoms with Crippen LogP contribution < -0.4 is 5.32 Å². The maximum Gasteiger partial charge on any atom is 0.120 e. The molecule has 1 aromatic carbocycles. The van der Waals surface area contributed by atoms with Crippen LogP contribution in [-0.2, 0) is 6.54 Å². The molecule has 0 bridgehead atoms. The van der Waals surface area contributed by atoms with Crippen LogP contribution >= 0.6 is 15.9 Å². The molecule has 2 aromatic rings. The maximum atomic E-state index is 9.91. The molecule has 1 unspecified atom stereocenters. The van der Waals surface area contributed by atoms with E-state index in [9.17, 15) is 5.11 Å². The molecule has 18 heavy (non-hydrogen) atoms. The third kappa shape index (κ3) is 3.11. The molecule has 0 aliphatic rings. The van der Waals surface area contributed by atoms with Gasteiger partial charge in [-0.3, -0.25) is 0 Å². The lowest BCUT2D eigenvalue weighted by Crippen LogP contribution is -2.20. The van der Waals surface area contributed by atoms with Crippen LogP contribution in [0, 0.1) is 0 Å². The number of phenolic OH excluding ortho intramolecular Hbond substituents is 1. The number of nitrogens with one attached hydrogen (secondary N) is 2. The van der Waals surface area contributed by atoms with Gasteiger partial charge in [0.15, 0.2) is 0 Å². The summed E-state index contributed by atoms with van der Waals surface area (Å²) in [5.74, 6) is 0.321. The normalized spacial score (nSPS) is 12.6. The quantitative estimate of drug-likeness (QED) is 0.795. The summed E-state index contributed by atoms with van der Waals surface area (Å²) >= 11 is 3.43. The first-order valence-electron chi connectivity index (χ1n) is 5.89. The van der Waals surface area contributed by atoms with Crippen LogP contribution in [-0.4, -0.2) is 15.1 Å². The molecule has 1 heterocycles. The van der Waals surface area contributed by atoms with Crippen LogP contribution in [0.1, 0.15) is 30.6 Å². The van der Waals surface area contributed by atoms with Crippen molar-refractivity contribution in [1.29, 1.82) is 0 Å². The van der Waals surface area contributed by atoms with Gasteiger partial charge in [0, 0.05) is 34.5 Å². The lowest BCUT2D eigenvalue weighted by molar-refractivity contribution is 0.439. The number of hydrogen-bond acceptors (Lipinski definition) is 3. The molecule has 0 radical (unpaired) electrons. The lowest BCUT2D eigenvalue weighted by atomic mass is 10.0. The third-order valence-electron chi connectivity index (χ3n) is 2.87. The van der Waals surface area contributed by atoms with Crippen LogP contribution in [0.5, 0.6) is 5.75 Å². The summed E-state index contributed by atoms with van der Waals surface area (Å²) in [6.45, 7) is 2.79. The summed E-state index contributed by atoms with van der Waals surface area (Å²) in [6.07, 6.45) is 4.35. The average molecular weight is 310 g/mol. The molecule has 0 aliphatic carbocycles. The number of H-pyrrole nitrogens is 1. The number of nitrogens with zero attached hydrogens (tertiary/aromatic N) is 1. The van der Waals surface area contributed by atoms with E-state index in [-0.39, 0.29) is 6.04 Å². The van der Waals surface area contributed by atoms with E-state index in [0.29, 0.717) is 12.3 Å². The number of aromatic nitrogens is 2. The van der Waals surface area contributed by atoms with E-state index in [1.807, 2.05) is 12.1 Å². The Balaban J connectivity index is 2.10. The van der Waals surface area contributed by atoms with Crippen LogP contribution in [0.25, 0.3) is 0 Å². The highest BCUT2D eigenvalue weighted by molar-refractivity contribution is 9.10. The van der Waals surface area contributed by atoms with E-state index < -0.39 is 0 Å². The summed E-state index contributed by atoms with van der Waals surface area (Å²) in [6, 6.07) is 5.61. The van der Waals surface area contributed by atoms with Gasteiger partial charge < -0.3 is 15.4 Å². The van der Waals surface area contributed by atoms with Gasteiger partial charge in [0.2, 0.25) is 0 Å². The summed E-state index contributed by atoms with van der Waals surface area (Å²) < 4.78 is 0.970. The Morgan fingerprint density at radius 2 is 2.33 bits per heavy atom. The molecular weight excluding hydrogens is 294 g/mol. The van der Waals surface area contributed by atoms with Crippen molar-refractivity contribution in [2.75, 3.05) is 0 Å². The Morgan fingerprint density at radius 1 is 1.50 bits per heavy atom. The van der Waals surface area contributed by atoms with Gasteiger partial charge in [-0.15, -0.1) is 0 Å². The Bertz CT molecular complexity index is 499. The zero-order chi connectivity index (χ0) is 13.0. The van der Waals surface area contributed by atoms with Gasteiger partial charge in [-0.1, -0.05) is 22.9 Å². The second kappa shape index (κ2) is 6.02. The zero-order valence-electron chi connectivity index (χ0n) is 10.2. The molecule has 0 saturated carbocycles. The van der Waals surface area contributed by atoms with Gasteiger partial charge in [0.25, 0.3) is 0 Å². The molecule has 1 atom stereocenters. The van der Waals surface area contributed by atoms with Gasteiger partial charge >= 0.3 is 0 Å². The minimum absolute atomic E-state index is 0.116. The molecule has 5 heteroatoms. The van der Waals surface area contributed by atoms with E-state index in [0.717, 1.165) is 22.2 Å². The zero-order valence-corrected chi connectivity index (χ0v) is 11.7. The van der Waals surface area contributed by atoms with Gasteiger partial charge in [0.1, 0.15) is 5.75 Å². The predicted molar refractivity (Wildman–Crippen MR) is 74.3 cm³/mol. The average Bonchev–Trinajstić information content (AvgIpc) is 2.87. The number of aromatic amines is 1. The molecule has 0 amide bonds. The molecule has 0 saturated heterocycles. The number of halogens is 1. The predicted octanol–water partition coefficient (Wildman–Crippen LogP) is 3.12. The first kappa shape index (κ1) is 13.1. The van der Waals surface area contributed by atoms with Crippen molar-refractivity contribution in [3.8, 4) is 5.75 Å². The van der Waals surface area contributed by atoms with Crippen molar-refractivity contribution >= 4 is 15.9 Å². The van der Waals surface area contributed by atoms with Gasteiger partial charge in [-0.2, -0.15) is 0 Å². The Labute approximate surface area is 115 Å². The minimum atomic E-state index is 0.116. The number of imidazole rings is 1. The van der Waals surface area contributed by atoms with Gasteiger partial charge in [-0.05, 0) is 24.6 Å². The van der Waals surface area contributed by atoms with Crippen LogP contribution in [0.15, 0.2) is 35.2 Å². The number of hydrogen-bond donors (Lipinski definition) is 3. The second-order valence-corrected chi connectivity index (χ2v) is 5.04. The van der Waals surface area contributed by atoms with Crippen molar-refractivity contribution in [1.82, 2.24) is 15.3 Å². The lowest BCUT2D eigenvalue weighted by Gasteiger charge is -2.18. The molecule has 0 aliphatic heterocycles. The summed E-state index contributed by atoms with van der Waals surface area (Å²) in [4.78, 5) is 7.03. The fraction of sp³-hybridized carbons (Fsp3) is 0.308. The SMILES string of the molecule is CCC(NCc1cnc[nH]1)c1cc(Br)ccc1O. The summed E-state index contributed by atoms with van der Waals surface area (Å²) in [7, 11) is 0. The van der Waals surface area contributed by atoms with Crippen molar-refractivity contribution in [3.05, 3.63) is 46.5 Å². The fourth-order valence-corrected chi connectivity index (χ4v) is 2.27. The standard InChI is InChI=1S/C13H16BrN3O/c1-2-12(16-7-10-6-15-8-17-10)11-5-9(14)3-4-13(11)18/h3-6,8,12,16,18H,2,7H2,1H3,(H,15,17). The summed E-state index contributed by atoms with van der Waals surface area (Å²) in [5.41, 5.74) is 1.94. The van der Waals surface area contributed by atoms with Gasteiger partial charge in [0.05, 0.1) is 6.33 Å². The van der Waals surface area contributed by atoms with Crippen molar-refractivity contribution < 1.29 is 5.11 Å². The smallest absolute Gasteiger partial charge is 0.120 e. The Kier molecular flexibility index (Phi) is 4.38. The molecule has 4 nitrogen and oxygen atoms in total. The highest BCUT2D eigenvalue weighted by atomic mass is 79.9. The number of benzene rings is 1. The molecule has 96 valence electrons. The molecule has 0 fully saturated rings. The van der Waals surface area contributed by atoms with Crippen molar-refractivity contribution in [2.45, 2.75) is 25.9 Å². The van der Waals surface area contributed by atoms with Crippen molar-refractivity contribution in [3.63, 3.8) is 0 Å². The number of phenols is 1. The van der Waals surface area contributed by atoms with E-state index in [2.05, 4.69) is 38.1 Å². The summed E-state index contributed by atoms with van der Waals surface area (Å²) in [5, 5.41) is 13.3. The molecule has 0 spiro atoms. The van der Waals surface area contributed by atoms with E-state index in [1.165, 1.54) is 0 Å². The topological polar surface area (TPSA) is 60.9 Å². The molecule has 2 rings (SSSR count). The number of rotatable bonds is 5. The maximum absolute atomic E-state index is 9.91. The monoisotopic (exact) mass is 309 g/mol. The number of aromatic hydroxyl groups is 1. The molecular formula is C13H16BrN3O. The van der Waals surface area contributed by atoms with Crippen molar-refractivity contribution in [2.24, 2.45) is 0 Å². The van der Waals surface area contributed by atoms with Crippen LogP contribution in [0.4, 0.5) is 0 Å². The Hall–Kier alpha value is -1.33. The largest absolute Gasteiger partial charge is 0.508 e. The van der Waals surface area contributed by atoms with E-state index >= 15 is 0 Å². The van der Waals surface area contributed by atoms with E-state index in [4.69, 9.17) is 0 Å².